The largest absolute Gasteiger partial charge is 0.462 e. The standard InChI is InChI=1S/C17H20F4N2O3/c1-11(24)22-15-8-13(2-3-14(15)18)16(25)26-9-12-4-6-23(7-5-12)10-17(19,20)21/h2-3,8,12H,4-7,9-10H2,1H3,(H,22,24). The molecule has 0 unspecified atom stereocenters. The zero-order chi connectivity index (χ0) is 19.3. The van der Waals surface area contributed by atoms with Gasteiger partial charge in [-0.3, -0.25) is 9.69 Å². The molecular formula is C17H20F4N2O3. The summed E-state index contributed by atoms with van der Waals surface area (Å²) >= 11 is 0. The summed E-state index contributed by atoms with van der Waals surface area (Å²) in [5.41, 5.74) is -0.0305. The number of halogens is 4. The van der Waals surface area contributed by atoms with Crippen molar-refractivity contribution < 1.29 is 31.9 Å². The number of hydrogen-bond donors (Lipinski definition) is 1. The first-order valence-corrected chi connectivity index (χ1v) is 8.17. The number of esters is 1. The van der Waals surface area contributed by atoms with E-state index in [0.717, 1.165) is 6.07 Å². The van der Waals surface area contributed by atoms with E-state index >= 15 is 0 Å². The van der Waals surface area contributed by atoms with Crippen molar-refractivity contribution in [3.05, 3.63) is 29.6 Å². The normalized spacial score (nSPS) is 16.3. The predicted molar refractivity (Wildman–Crippen MR) is 86.2 cm³/mol. The fraction of sp³-hybridized carbons (Fsp3) is 0.529. The fourth-order valence-corrected chi connectivity index (χ4v) is 2.78. The van der Waals surface area contributed by atoms with Crippen LogP contribution in [0.1, 0.15) is 30.1 Å². The Morgan fingerprint density at radius 2 is 1.92 bits per heavy atom. The van der Waals surface area contributed by atoms with Crippen LogP contribution in [0.2, 0.25) is 0 Å². The monoisotopic (exact) mass is 376 g/mol. The van der Waals surface area contributed by atoms with Gasteiger partial charge in [0.05, 0.1) is 24.4 Å². The van der Waals surface area contributed by atoms with Crippen molar-refractivity contribution in [2.75, 3.05) is 31.6 Å². The third kappa shape index (κ3) is 6.29. The number of nitrogens with zero attached hydrogens (tertiary/aromatic N) is 1. The van der Waals surface area contributed by atoms with Crippen LogP contribution >= 0.6 is 0 Å². The minimum absolute atomic E-state index is 0.0151. The van der Waals surface area contributed by atoms with Gasteiger partial charge in [-0.2, -0.15) is 13.2 Å². The lowest BCUT2D eigenvalue weighted by atomic mass is 9.98. The van der Waals surface area contributed by atoms with E-state index in [0.29, 0.717) is 25.9 Å². The summed E-state index contributed by atoms with van der Waals surface area (Å²) in [7, 11) is 0. The maximum absolute atomic E-state index is 13.6. The molecule has 1 aliphatic heterocycles. The number of ether oxygens (including phenoxy) is 1. The first-order chi connectivity index (χ1) is 12.1. The smallest absolute Gasteiger partial charge is 0.401 e. The number of carbonyl (C=O) groups excluding carboxylic acids is 2. The van der Waals surface area contributed by atoms with Crippen molar-refractivity contribution >= 4 is 17.6 Å². The van der Waals surface area contributed by atoms with Crippen LogP contribution in [0.4, 0.5) is 23.2 Å². The summed E-state index contributed by atoms with van der Waals surface area (Å²) in [5.74, 6) is -1.83. The van der Waals surface area contributed by atoms with Gasteiger partial charge in [-0.25, -0.2) is 9.18 Å². The molecule has 1 amide bonds. The SMILES string of the molecule is CC(=O)Nc1cc(C(=O)OCC2CCN(CC(F)(F)F)CC2)ccc1F. The molecule has 1 aliphatic rings. The van der Waals surface area contributed by atoms with E-state index in [-0.39, 0.29) is 23.8 Å². The molecule has 1 fully saturated rings. The summed E-state index contributed by atoms with van der Waals surface area (Å²) < 4.78 is 55.8. The Labute approximate surface area is 148 Å². The van der Waals surface area contributed by atoms with Gasteiger partial charge in [0.2, 0.25) is 5.91 Å². The van der Waals surface area contributed by atoms with Crippen LogP contribution in [0, 0.1) is 11.7 Å². The molecule has 1 N–H and O–H groups in total. The lowest BCUT2D eigenvalue weighted by molar-refractivity contribution is -0.148. The number of piperidine rings is 1. The minimum Gasteiger partial charge on any atom is -0.462 e. The molecular weight excluding hydrogens is 356 g/mol. The summed E-state index contributed by atoms with van der Waals surface area (Å²) in [5, 5.41) is 2.28. The fourth-order valence-electron chi connectivity index (χ4n) is 2.78. The van der Waals surface area contributed by atoms with E-state index < -0.39 is 30.4 Å². The molecule has 26 heavy (non-hydrogen) atoms. The van der Waals surface area contributed by atoms with Gasteiger partial charge in [0.1, 0.15) is 5.82 Å². The first kappa shape index (κ1) is 20.2. The molecule has 0 aromatic heterocycles. The molecule has 0 bridgehead atoms. The van der Waals surface area contributed by atoms with Crippen molar-refractivity contribution in [2.45, 2.75) is 25.9 Å². The number of likely N-dealkylation sites (tertiary alicyclic amines) is 1. The van der Waals surface area contributed by atoms with Crippen molar-refractivity contribution in [2.24, 2.45) is 5.92 Å². The van der Waals surface area contributed by atoms with E-state index in [1.54, 1.807) is 0 Å². The number of hydrogen-bond acceptors (Lipinski definition) is 4. The number of rotatable bonds is 5. The van der Waals surface area contributed by atoms with E-state index in [4.69, 9.17) is 4.74 Å². The summed E-state index contributed by atoms with van der Waals surface area (Å²) in [6.07, 6.45) is -3.21. The quantitative estimate of drug-likeness (QED) is 0.633. The second-order valence-electron chi connectivity index (χ2n) is 6.31. The zero-order valence-electron chi connectivity index (χ0n) is 14.2. The molecule has 144 valence electrons. The minimum atomic E-state index is -4.21. The Kier molecular flexibility index (Phi) is 6.57. The molecule has 0 saturated carbocycles. The second-order valence-corrected chi connectivity index (χ2v) is 6.31. The Hall–Kier alpha value is -2.16. The maximum Gasteiger partial charge on any atom is 0.401 e. The molecule has 0 radical (unpaired) electrons. The number of nitrogens with one attached hydrogen (secondary N) is 1. The Bertz CT molecular complexity index is 656. The van der Waals surface area contributed by atoms with Crippen molar-refractivity contribution in [1.29, 1.82) is 0 Å². The Balaban J connectivity index is 1.83. The van der Waals surface area contributed by atoms with Crippen LogP contribution in [0.25, 0.3) is 0 Å². The number of anilines is 1. The topological polar surface area (TPSA) is 58.6 Å². The predicted octanol–water partition coefficient (Wildman–Crippen LogP) is 3.22. The molecule has 9 heteroatoms. The highest BCUT2D eigenvalue weighted by Gasteiger charge is 2.32. The van der Waals surface area contributed by atoms with Gasteiger partial charge in [-0.15, -0.1) is 0 Å². The third-order valence-corrected chi connectivity index (χ3v) is 4.07. The Morgan fingerprint density at radius 1 is 1.27 bits per heavy atom. The average Bonchev–Trinajstić information content (AvgIpc) is 2.54. The average molecular weight is 376 g/mol. The van der Waals surface area contributed by atoms with Crippen LogP contribution in [0.5, 0.6) is 0 Å². The van der Waals surface area contributed by atoms with Gasteiger partial charge in [0.15, 0.2) is 0 Å². The molecule has 0 aliphatic carbocycles. The molecule has 1 heterocycles. The van der Waals surface area contributed by atoms with Gasteiger partial charge in [0.25, 0.3) is 0 Å². The van der Waals surface area contributed by atoms with E-state index in [1.165, 1.54) is 24.0 Å². The lowest BCUT2D eigenvalue weighted by Gasteiger charge is -2.31. The summed E-state index contributed by atoms with van der Waals surface area (Å²) in [6, 6.07) is 3.48. The van der Waals surface area contributed by atoms with Crippen molar-refractivity contribution in [3.63, 3.8) is 0 Å². The number of alkyl halides is 3. The Morgan fingerprint density at radius 3 is 2.50 bits per heavy atom. The van der Waals surface area contributed by atoms with Crippen LogP contribution in [0.15, 0.2) is 18.2 Å². The van der Waals surface area contributed by atoms with E-state index in [1.807, 2.05) is 0 Å². The van der Waals surface area contributed by atoms with Gasteiger partial charge in [-0.1, -0.05) is 0 Å². The molecule has 1 saturated heterocycles. The first-order valence-electron chi connectivity index (χ1n) is 8.17. The highest BCUT2D eigenvalue weighted by molar-refractivity contribution is 5.93. The number of amides is 1. The molecule has 0 spiro atoms. The van der Waals surface area contributed by atoms with Gasteiger partial charge in [0, 0.05) is 6.92 Å². The zero-order valence-corrected chi connectivity index (χ0v) is 14.2. The van der Waals surface area contributed by atoms with E-state index in [9.17, 15) is 27.2 Å². The van der Waals surface area contributed by atoms with Gasteiger partial charge < -0.3 is 10.1 Å². The van der Waals surface area contributed by atoms with Crippen LogP contribution in [-0.4, -0.2) is 49.2 Å². The number of benzene rings is 1. The second kappa shape index (κ2) is 8.48. The van der Waals surface area contributed by atoms with E-state index in [2.05, 4.69) is 5.32 Å². The molecule has 1 aromatic rings. The summed E-state index contributed by atoms with van der Waals surface area (Å²) in [6.45, 7) is 0.970. The van der Waals surface area contributed by atoms with Gasteiger partial charge in [-0.05, 0) is 50.0 Å². The maximum atomic E-state index is 13.6. The van der Waals surface area contributed by atoms with Crippen LogP contribution < -0.4 is 5.32 Å². The van der Waals surface area contributed by atoms with Crippen LogP contribution in [-0.2, 0) is 9.53 Å². The third-order valence-electron chi connectivity index (χ3n) is 4.07. The van der Waals surface area contributed by atoms with Crippen molar-refractivity contribution in [1.82, 2.24) is 4.90 Å². The molecule has 2 rings (SSSR count). The lowest BCUT2D eigenvalue weighted by Crippen LogP contribution is -2.40. The highest BCUT2D eigenvalue weighted by atomic mass is 19.4. The molecule has 1 aromatic carbocycles. The number of carbonyl (C=O) groups is 2. The van der Waals surface area contributed by atoms with Crippen molar-refractivity contribution in [3.8, 4) is 0 Å². The highest BCUT2D eigenvalue weighted by Crippen LogP contribution is 2.23. The molecule has 5 nitrogen and oxygen atoms in total. The van der Waals surface area contributed by atoms with Crippen LogP contribution in [0.3, 0.4) is 0 Å². The summed E-state index contributed by atoms with van der Waals surface area (Å²) in [4.78, 5) is 24.4. The van der Waals surface area contributed by atoms with Gasteiger partial charge >= 0.3 is 12.1 Å². The molecule has 0 atom stereocenters.